The Morgan fingerprint density at radius 3 is 2.94 bits per heavy atom. The van der Waals surface area contributed by atoms with Crippen LogP contribution < -0.4 is 4.74 Å². The van der Waals surface area contributed by atoms with Crippen molar-refractivity contribution in [2.75, 3.05) is 7.11 Å². The Balaban J connectivity index is 2.00. The van der Waals surface area contributed by atoms with Crippen LogP contribution in [0, 0.1) is 5.82 Å². The van der Waals surface area contributed by atoms with Gasteiger partial charge < -0.3 is 9.72 Å². The van der Waals surface area contributed by atoms with Gasteiger partial charge in [-0.3, -0.25) is 0 Å². The highest BCUT2D eigenvalue weighted by Gasteiger charge is 2.25. The van der Waals surface area contributed by atoms with E-state index >= 15 is 0 Å². The first-order valence-electron chi connectivity index (χ1n) is 5.67. The van der Waals surface area contributed by atoms with E-state index in [4.69, 9.17) is 4.74 Å². The van der Waals surface area contributed by atoms with E-state index < -0.39 is 0 Å². The van der Waals surface area contributed by atoms with Crippen molar-refractivity contribution in [2.45, 2.75) is 18.8 Å². The van der Waals surface area contributed by atoms with Crippen LogP contribution in [0.3, 0.4) is 0 Å². The van der Waals surface area contributed by atoms with Gasteiger partial charge in [0.05, 0.1) is 12.7 Å². The van der Waals surface area contributed by atoms with Gasteiger partial charge in [0.2, 0.25) is 0 Å². The Morgan fingerprint density at radius 1 is 1.41 bits per heavy atom. The molecule has 3 nitrogen and oxygen atoms in total. The summed E-state index contributed by atoms with van der Waals surface area (Å²) < 4.78 is 18.8. The number of ether oxygens (including phenoxy) is 1. The predicted octanol–water partition coefficient (Wildman–Crippen LogP) is 3.10. The number of aromatic amines is 1. The average Bonchev–Trinajstić information content (AvgIpc) is 3.09. The second-order valence-corrected chi connectivity index (χ2v) is 4.31. The number of hydrogen-bond acceptors (Lipinski definition) is 2. The molecular weight excluding hydrogens is 219 g/mol. The molecule has 4 heteroatoms. The van der Waals surface area contributed by atoms with Gasteiger partial charge in [-0.1, -0.05) is 0 Å². The largest absolute Gasteiger partial charge is 0.497 e. The van der Waals surface area contributed by atoms with E-state index in [0.717, 1.165) is 5.69 Å². The molecule has 0 radical (unpaired) electrons. The summed E-state index contributed by atoms with van der Waals surface area (Å²) in [5.41, 5.74) is 1.55. The molecule has 0 saturated heterocycles. The summed E-state index contributed by atoms with van der Waals surface area (Å²) >= 11 is 0. The molecule has 1 aliphatic rings. The zero-order chi connectivity index (χ0) is 11.8. The Labute approximate surface area is 98.7 Å². The van der Waals surface area contributed by atoms with E-state index in [1.807, 2.05) is 0 Å². The first-order valence-corrected chi connectivity index (χ1v) is 5.67. The second kappa shape index (κ2) is 3.87. The van der Waals surface area contributed by atoms with Gasteiger partial charge in [0, 0.05) is 17.8 Å². The van der Waals surface area contributed by atoms with Crippen LogP contribution >= 0.6 is 0 Å². The van der Waals surface area contributed by atoms with Crippen LogP contribution in [0.4, 0.5) is 4.39 Å². The summed E-state index contributed by atoms with van der Waals surface area (Å²) in [5.74, 6) is 1.50. The molecule has 3 rings (SSSR count). The molecule has 1 aromatic heterocycles. The average molecular weight is 232 g/mol. The standard InChI is InChI=1S/C13H13FN2O/c1-17-9-4-5-11(14)10(6-9)13-15-7-12(16-13)8-2-3-8/h4-8H,2-3H2,1H3,(H,15,16). The van der Waals surface area contributed by atoms with Gasteiger partial charge in [0.1, 0.15) is 17.4 Å². The summed E-state index contributed by atoms with van der Waals surface area (Å²) in [6, 6.07) is 4.65. The van der Waals surface area contributed by atoms with Crippen molar-refractivity contribution in [3.8, 4) is 17.1 Å². The predicted molar refractivity (Wildman–Crippen MR) is 62.5 cm³/mol. The lowest BCUT2D eigenvalue weighted by atomic mass is 10.2. The highest BCUT2D eigenvalue weighted by atomic mass is 19.1. The number of nitrogens with one attached hydrogen (secondary N) is 1. The van der Waals surface area contributed by atoms with Crippen molar-refractivity contribution in [3.05, 3.63) is 35.9 Å². The van der Waals surface area contributed by atoms with Gasteiger partial charge in [0.15, 0.2) is 0 Å². The van der Waals surface area contributed by atoms with E-state index in [9.17, 15) is 4.39 Å². The number of halogens is 1. The minimum atomic E-state index is -0.289. The fourth-order valence-electron chi connectivity index (χ4n) is 1.89. The lowest BCUT2D eigenvalue weighted by Crippen LogP contribution is -1.90. The Morgan fingerprint density at radius 2 is 2.24 bits per heavy atom. The zero-order valence-electron chi connectivity index (χ0n) is 9.53. The number of methoxy groups -OCH3 is 1. The van der Waals surface area contributed by atoms with Crippen molar-refractivity contribution in [1.29, 1.82) is 0 Å². The topological polar surface area (TPSA) is 37.9 Å². The SMILES string of the molecule is COc1ccc(F)c(-c2ncc(C3CC3)[nH]2)c1. The Kier molecular flexibility index (Phi) is 2.35. The molecule has 0 amide bonds. The molecule has 1 heterocycles. The van der Waals surface area contributed by atoms with E-state index in [1.54, 1.807) is 25.4 Å². The van der Waals surface area contributed by atoms with Crippen LogP contribution in [0.15, 0.2) is 24.4 Å². The smallest absolute Gasteiger partial charge is 0.140 e. The van der Waals surface area contributed by atoms with E-state index in [2.05, 4.69) is 9.97 Å². The number of hydrogen-bond donors (Lipinski definition) is 1. The van der Waals surface area contributed by atoms with E-state index in [1.165, 1.54) is 18.9 Å². The second-order valence-electron chi connectivity index (χ2n) is 4.31. The lowest BCUT2D eigenvalue weighted by Gasteiger charge is -2.03. The first kappa shape index (κ1) is 10.3. The molecule has 0 aliphatic heterocycles. The van der Waals surface area contributed by atoms with Crippen molar-refractivity contribution in [3.63, 3.8) is 0 Å². The molecule has 1 fully saturated rings. The monoisotopic (exact) mass is 232 g/mol. The molecule has 1 N–H and O–H groups in total. The third-order valence-electron chi connectivity index (χ3n) is 3.04. The number of rotatable bonds is 3. The molecule has 0 bridgehead atoms. The molecule has 1 saturated carbocycles. The first-order chi connectivity index (χ1) is 8.28. The summed E-state index contributed by atoms with van der Waals surface area (Å²) in [6.45, 7) is 0. The van der Waals surface area contributed by atoms with Crippen LogP contribution in [0.2, 0.25) is 0 Å². The molecule has 0 atom stereocenters. The third kappa shape index (κ3) is 1.90. The zero-order valence-corrected chi connectivity index (χ0v) is 9.53. The van der Waals surface area contributed by atoms with Crippen LogP contribution in [-0.2, 0) is 0 Å². The van der Waals surface area contributed by atoms with Gasteiger partial charge in [-0.05, 0) is 31.0 Å². The summed E-state index contributed by atoms with van der Waals surface area (Å²) in [7, 11) is 1.56. The lowest BCUT2D eigenvalue weighted by molar-refractivity contribution is 0.414. The highest BCUT2D eigenvalue weighted by molar-refractivity contribution is 5.59. The van der Waals surface area contributed by atoms with Crippen molar-refractivity contribution in [1.82, 2.24) is 9.97 Å². The number of nitrogens with zero attached hydrogens (tertiary/aromatic N) is 1. The molecule has 1 aliphatic carbocycles. The van der Waals surface area contributed by atoms with Crippen LogP contribution in [0.1, 0.15) is 24.5 Å². The minimum Gasteiger partial charge on any atom is -0.497 e. The minimum absolute atomic E-state index is 0.289. The molecular formula is C13H13FN2O. The molecule has 0 spiro atoms. The summed E-state index contributed by atoms with van der Waals surface area (Å²) in [5, 5.41) is 0. The quantitative estimate of drug-likeness (QED) is 0.883. The molecule has 0 unspecified atom stereocenters. The van der Waals surface area contributed by atoms with Gasteiger partial charge in [-0.25, -0.2) is 9.37 Å². The van der Waals surface area contributed by atoms with Gasteiger partial charge >= 0.3 is 0 Å². The van der Waals surface area contributed by atoms with Crippen molar-refractivity contribution in [2.24, 2.45) is 0 Å². The van der Waals surface area contributed by atoms with E-state index in [0.29, 0.717) is 23.1 Å². The normalized spacial score (nSPS) is 14.9. The Hall–Kier alpha value is -1.84. The van der Waals surface area contributed by atoms with Crippen LogP contribution in [0.25, 0.3) is 11.4 Å². The number of benzene rings is 1. The van der Waals surface area contributed by atoms with E-state index in [-0.39, 0.29) is 5.82 Å². The summed E-state index contributed by atoms with van der Waals surface area (Å²) in [6.07, 6.45) is 4.19. The van der Waals surface area contributed by atoms with Crippen LogP contribution in [0.5, 0.6) is 5.75 Å². The third-order valence-corrected chi connectivity index (χ3v) is 3.04. The fourth-order valence-corrected chi connectivity index (χ4v) is 1.89. The number of H-pyrrole nitrogens is 1. The maximum absolute atomic E-state index is 13.7. The number of aromatic nitrogens is 2. The summed E-state index contributed by atoms with van der Waals surface area (Å²) in [4.78, 5) is 7.41. The highest BCUT2D eigenvalue weighted by Crippen LogP contribution is 2.39. The molecule has 2 aromatic rings. The molecule has 1 aromatic carbocycles. The Bertz CT molecular complexity index is 546. The molecule has 17 heavy (non-hydrogen) atoms. The maximum Gasteiger partial charge on any atom is 0.140 e. The van der Waals surface area contributed by atoms with Gasteiger partial charge in [-0.2, -0.15) is 0 Å². The van der Waals surface area contributed by atoms with Gasteiger partial charge in [0.25, 0.3) is 0 Å². The van der Waals surface area contributed by atoms with Crippen LogP contribution in [-0.4, -0.2) is 17.1 Å². The maximum atomic E-state index is 13.7. The van der Waals surface area contributed by atoms with Gasteiger partial charge in [-0.15, -0.1) is 0 Å². The number of imidazole rings is 1. The van der Waals surface area contributed by atoms with Crippen molar-refractivity contribution < 1.29 is 9.13 Å². The fraction of sp³-hybridized carbons (Fsp3) is 0.308. The molecule has 88 valence electrons. The van der Waals surface area contributed by atoms with Crippen molar-refractivity contribution >= 4 is 0 Å².